The van der Waals surface area contributed by atoms with Crippen molar-refractivity contribution in [2.45, 2.75) is 74.6 Å². The summed E-state index contributed by atoms with van der Waals surface area (Å²) < 4.78 is 36.5. The predicted molar refractivity (Wildman–Crippen MR) is 174 cm³/mol. The average Bonchev–Trinajstić information content (AvgIpc) is 3.00. The van der Waals surface area contributed by atoms with Gasteiger partial charge in [0.05, 0.1) is 17.0 Å². The van der Waals surface area contributed by atoms with Gasteiger partial charge in [-0.15, -0.1) is 0 Å². The Hall–Kier alpha value is -3.72. The molecule has 8 heteroatoms. The molecule has 1 saturated heterocycles. The second-order valence-corrected chi connectivity index (χ2v) is 14.5. The van der Waals surface area contributed by atoms with Crippen LogP contribution < -0.4 is 14.8 Å². The third-order valence-electron chi connectivity index (χ3n) is 8.91. The number of carbonyl (C=O) groups excluding carboxylic acids is 1. The van der Waals surface area contributed by atoms with Gasteiger partial charge < -0.3 is 10.1 Å². The van der Waals surface area contributed by atoms with Crippen LogP contribution in [0.15, 0.2) is 95.9 Å². The van der Waals surface area contributed by atoms with Crippen molar-refractivity contribution in [3.63, 3.8) is 0 Å². The van der Waals surface area contributed by atoms with Crippen LogP contribution in [0.4, 0.5) is 0 Å². The van der Waals surface area contributed by atoms with Gasteiger partial charge in [0.1, 0.15) is 11.4 Å². The monoisotopic (exact) mass is 611 g/mol. The van der Waals surface area contributed by atoms with Crippen molar-refractivity contribution in [2.24, 2.45) is 0 Å². The normalized spacial score (nSPS) is 20.8. The number of piperidine rings is 1. The summed E-state index contributed by atoms with van der Waals surface area (Å²) in [6.07, 6.45) is 4.11. The van der Waals surface area contributed by atoms with Gasteiger partial charge in [-0.2, -0.15) is 0 Å². The van der Waals surface area contributed by atoms with Crippen LogP contribution in [0.1, 0.15) is 80.8 Å². The largest absolute Gasteiger partial charge is 0.487 e. The summed E-state index contributed by atoms with van der Waals surface area (Å²) in [6.45, 7) is 5.16. The van der Waals surface area contributed by atoms with Gasteiger partial charge in [0.25, 0.3) is 0 Å². The minimum atomic E-state index is -3.92. The lowest BCUT2D eigenvalue weighted by molar-refractivity contribution is -0.122. The van der Waals surface area contributed by atoms with Crippen molar-refractivity contribution >= 4 is 26.7 Å². The first-order valence-corrected chi connectivity index (χ1v) is 16.9. The second kappa shape index (κ2) is 12.3. The maximum absolute atomic E-state index is 13.7. The van der Waals surface area contributed by atoms with E-state index in [0.29, 0.717) is 12.5 Å². The smallest absolute Gasteiger partial charge is 0.241 e. The molecule has 0 aliphatic carbocycles. The van der Waals surface area contributed by atoms with Crippen LogP contribution in [0, 0.1) is 0 Å². The first-order valence-electron chi connectivity index (χ1n) is 15.5. The maximum atomic E-state index is 13.7. The molecule has 2 aliphatic heterocycles. The second-order valence-electron chi connectivity index (χ2n) is 12.8. The van der Waals surface area contributed by atoms with E-state index < -0.39 is 21.7 Å². The fraction of sp³-hybridized carbons (Fsp3) is 0.361. The fourth-order valence-corrected chi connectivity index (χ4v) is 7.90. The molecule has 3 unspecified atom stereocenters. The molecular formula is C36H41N3O4S. The Morgan fingerprint density at radius 3 is 2.48 bits per heavy atom. The summed E-state index contributed by atoms with van der Waals surface area (Å²) in [5, 5.41) is 5.02. The number of amides is 1. The Bertz CT molecular complexity index is 1760. The first kappa shape index (κ1) is 30.3. The molecule has 0 bridgehead atoms. The van der Waals surface area contributed by atoms with Crippen LogP contribution in [-0.4, -0.2) is 38.4 Å². The summed E-state index contributed by atoms with van der Waals surface area (Å²) in [5.74, 6) is 0.574. The van der Waals surface area contributed by atoms with E-state index in [1.54, 1.807) is 18.2 Å². The Morgan fingerprint density at radius 1 is 0.955 bits per heavy atom. The summed E-state index contributed by atoms with van der Waals surface area (Å²) in [4.78, 5) is 16.2. The lowest BCUT2D eigenvalue weighted by Crippen LogP contribution is -2.42. The molecular weight excluding hydrogens is 570 g/mol. The van der Waals surface area contributed by atoms with Crippen LogP contribution in [-0.2, 0) is 14.8 Å². The van der Waals surface area contributed by atoms with E-state index in [1.165, 1.54) is 18.4 Å². The number of fused-ring (bicyclic) bond motifs is 2. The minimum Gasteiger partial charge on any atom is -0.487 e. The zero-order valence-electron chi connectivity index (χ0n) is 25.6. The third kappa shape index (κ3) is 6.67. The van der Waals surface area contributed by atoms with Gasteiger partial charge in [0.15, 0.2) is 0 Å². The van der Waals surface area contributed by atoms with Crippen molar-refractivity contribution < 1.29 is 17.9 Å². The molecule has 7 nitrogen and oxygen atoms in total. The Labute approximate surface area is 260 Å². The number of hydrogen-bond acceptors (Lipinski definition) is 5. The zero-order valence-corrected chi connectivity index (χ0v) is 26.4. The number of nitrogens with one attached hydrogen (secondary N) is 2. The molecule has 44 heavy (non-hydrogen) atoms. The molecule has 2 N–H and O–H groups in total. The highest BCUT2D eigenvalue weighted by atomic mass is 32.2. The Kier molecular flexibility index (Phi) is 8.51. The van der Waals surface area contributed by atoms with Crippen molar-refractivity contribution in [1.29, 1.82) is 0 Å². The van der Waals surface area contributed by atoms with Crippen LogP contribution >= 0.6 is 0 Å². The van der Waals surface area contributed by atoms with Crippen LogP contribution in [0.2, 0.25) is 0 Å². The molecule has 230 valence electrons. The highest BCUT2D eigenvalue weighted by molar-refractivity contribution is 7.89. The maximum Gasteiger partial charge on any atom is 0.241 e. The first-order chi connectivity index (χ1) is 21.1. The van der Waals surface area contributed by atoms with Crippen LogP contribution in [0.5, 0.6) is 5.75 Å². The topological polar surface area (TPSA) is 87.7 Å². The fourth-order valence-electron chi connectivity index (χ4n) is 6.64. The van der Waals surface area contributed by atoms with E-state index in [-0.39, 0.29) is 23.3 Å². The van der Waals surface area contributed by atoms with Gasteiger partial charge in [0, 0.05) is 24.4 Å². The van der Waals surface area contributed by atoms with Gasteiger partial charge in [-0.3, -0.25) is 9.69 Å². The molecule has 0 spiro atoms. The number of benzene rings is 4. The summed E-state index contributed by atoms with van der Waals surface area (Å²) >= 11 is 0. The van der Waals surface area contributed by atoms with Crippen molar-refractivity contribution in [1.82, 2.24) is 14.9 Å². The Morgan fingerprint density at radius 2 is 1.70 bits per heavy atom. The van der Waals surface area contributed by atoms with Crippen molar-refractivity contribution in [3.05, 3.63) is 108 Å². The SMILES string of the molecule is CN1CCCCC1c1ccc2c(c1)OC(C)(C)CC2NC(=O)CC(NS(=O)(=O)c1ccc2ccccc2c1)c1ccccc1. The lowest BCUT2D eigenvalue weighted by atomic mass is 9.87. The molecule has 2 aliphatic rings. The van der Waals surface area contributed by atoms with E-state index in [0.717, 1.165) is 40.6 Å². The van der Waals surface area contributed by atoms with E-state index in [2.05, 4.69) is 40.2 Å². The van der Waals surface area contributed by atoms with E-state index in [1.807, 2.05) is 68.4 Å². The number of hydrogen-bond donors (Lipinski definition) is 2. The summed E-state index contributed by atoms with van der Waals surface area (Å²) in [6, 6.07) is 27.7. The quantitative estimate of drug-likeness (QED) is 0.228. The molecule has 4 aromatic rings. The third-order valence-corrected chi connectivity index (χ3v) is 10.4. The summed E-state index contributed by atoms with van der Waals surface area (Å²) in [5.41, 5.74) is 2.44. The molecule has 1 fully saturated rings. The lowest BCUT2D eigenvalue weighted by Gasteiger charge is -2.39. The van der Waals surface area contributed by atoms with Gasteiger partial charge in [-0.25, -0.2) is 13.1 Å². The minimum absolute atomic E-state index is 0.0467. The molecule has 2 heterocycles. The van der Waals surface area contributed by atoms with Gasteiger partial charge >= 0.3 is 0 Å². The van der Waals surface area contributed by atoms with Crippen molar-refractivity contribution in [2.75, 3.05) is 13.6 Å². The standard InChI is InChI=1S/C36H41N3O4S/c1-36(2)24-32(30-19-17-28(22-34(30)43-36)33-15-9-10-20-39(33)3)37-35(40)23-31(26-12-5-4-6-13-26)38-44(41,42)29-18-16-25-11-7-8-14-27(25)21-29/h4-8,11-14,16-19,21-22,31-33,38H,9-10,15,20,23-24H2,1-3H3,(H,37,40). The molecule has 6 rings (SSSR count). The number of sulfonamides is 1. The molecule has 0 aromatic heterocycles. The zero-order chi connectivity index (χ0) is 30.9. The van der Waals surface area contributed by atoms with E-state index in [9.17, 15) is 13.2 Å². The molecule has 1 amide bonds. The summed E-state index contributed by atoms with van der Waals surface area (Å²) in [7, 11) is -1.74. The van der Waals surface area contributed by atoms with Gasteiger partial charge in [-0.05, 0) is 80.4 Å². The van der Waals surface area contributed by atoms with E-state index in [4.69, 9.17) is 4.74 Å². The number of nitrogens with zero attached hydrogens (tertiary/aromatic N) is 1. The van der Waals surface area contributed by atoms with Crippen LogP contribution in [0.3, 0.4) is 0 Å². The van der Waals surface area contributed by atoms with Crippen LogP contribution in [0.25, 0.3) is 10.8 Å². The highest BCUT2D eigenvalue weighted by Gasteiger charge is 2.36. The van der Waals surface area contributed by atoms with Gasteiger partial charge in [-0.1, -0.05) is 79.2 Å². The van der Waals surface area contributed by atoms with Gasteiger partial charge in [0.2, 0.25) is 15.9 Å². The number of ether oxygens (including phenoxy) is 1. The number of carbonyl (C=O) groups is 1. The molecule has 4 aromatic carbocycles. The number of likely N-dealkylation sites (tertiary alicyclic amines) is 1. The Balaban J connectivity index is 1.23. The average molecular weight is 612 g/mol. The predicted octanol–water partition coefficient (Wildman–Crippen LogP) is 6.82. The highest BCUT2D eigenvalue weighted by Crippen LogP contribution is 2.42. The van der Waals surface area contributed by atoms with Crippen molar-refractivity contribution in [3.8, 4) is 5.75 Å². The van der Waals surface area contributed by atoms with E-state index >= 15 is 0 Å². The molecule has 3 atom stereocenters. The molecule has 0 radical (unpaired) electrons. The molecule has 0 saturated carbocycles. The number of rotatable bonds is 8.